The second-order valence-electron chi connectivity index (χ2n) is 2.93. The van der Waals surface area contributed by atoms with Gasteiger partial charge in [-0.15, -0.1) is 0 Å². The average molecular weight is 378 g/mol. The maximum atomic E-state index is 5.88. The third kappa shape index (κ3) is 2.57. The number of hydrogen-bond donors (Lipinski definition) is 2. The molecule has 0 amide bonds. The van der Waals surface area contributed by atoms with E-state index < -0.39 is 10.00 Å². The minimum Gasteiger partial charge on any atom is -0.310 e. The first-order chi connectivity index (χ1) is 4.46. The van der Waals surface area contributed by atoms with E-state index in [0.717, 1.165) is 12.8 Å². The average Bonchev–Trinajstić information content (AvgIpc) is 1.77. The Morgan fingerprint density at radius 3 is 1.36 bits per heavy atom. The normalized spacial score (nSPS) is 44.7. The fraction of sp³-hybridized carbons (Fsp3) is 1.00. The molecule has 0 aliphatic heterocycles. The van der Waals surface area contributed by atoms with Crippen LogP contribution in [0.15, 0.2) is 0 Å². The van der Waals surface area contributed by atoms with Crippen molar-refractivity contribution in [3.63, 3.8) is 0 Å². The first-order valence-electron chi connectivity index (χ1n) is 3.41. The molecule has 0 heterocycles. The molecule has 1 aliphatic rings. The van der Waals surface area contributed by atoms with E-state index >= 15 is 0 Å². The molecule has 0 aromatic heterocycles. The van der Waals surface area contributed by atoms with Gasteiger partial charge in [-0.05, 0) is 12.8 Å². The molecular weight excluding hydrogens is 366 g/mol. The van der Waals surface area contributed by atoms with Crippen molar-refractivity contribution >= 4 is 23.2 Å². The van der Waals surface area contributed by atoms with E-state index in [1.165, 1.54) is 0 Å². The van der Waals surface area contributed by atoms with Gasteiger partial charge < -0.3 is 11.5 Å². The Labute approximate surface area is 91.2 Å². The van der Waals surface area contributed by atoms with Crippen LogP contribution in [0.1, 0.15) is 25.7 Å². The smallest absolute Gasteiger partial charge is 0.123 e. The molecule has 70 valence electrons. The molecule has 0 radical (unpaired) electrons. The summed E-state index contributed by atoms with van der Waals surface area (Å²) in [6, 6.07) is 0. The Morgan fingerprint density at radius 1 is 0.909 bits per heavy atom. The molecule has 11 heavy (non-hydrogen) atoms. The zero-order chi connectivity index (χ0) is 7.83. The molecule has 2 nitrogen and oxygen atoms in total. The first kappa shape index (κ1) is 12.2. The van der Waals surface area contributed by atoms with Crippen molar-refractivity contribution in [2.45, 2.75) is 35.7 Å². The monoisotopic (exact) mass is 377 g/mol. The molecule has 1 rings (SSSR count). The zero-order valence-corrected chi connectivity index (χ0v) is 9.84. The summed E-state index contributed by atoms with van der Waals surface area (Å²) in [5, 5.41) is 0. The van der Waals surface area contributed by atoms with Crippen LogP contribution in [0.3, 0.4) is 0 Å². The molecule has 0 saturated heterocycles. The topological polar surface area (TPSA) is 52.0 Å². The van der Waals surface area contributed by atoms with Gasteiger partial charge in [0.1, 0.15) is 10.00 Å². The maximum Gasteiger partial charge on any atom is 0.123 e. The van der Waals surface area contributed by atoms with Gasteiger partial charge in [0.2, 0.25) is 0 Å². The predicted molar refractivity (Wildman–Crippen MR) is 44.0 cm³/mol. The van der Waals surface area contributed by atoms with E-state index in [0.29, 0.717) is 12.8 Å². The van der Waals surface area contributed by atoms with Crippen LogP contribution >= 0.6 is 23.2 Å². The quantitative estimate of drug-likeness (QED) is 0.494. The Morgan fingerprint density at radius 2 is 1.18 bits per heavy atom. The summed E-state index contributed by atoms with van der Waals surface area (Å²) in [5.74, 6) is 0. The standard InChI is InChI=1S/C6H12Cl2N2.Pt/c7-5(9)3-1-2-4-6(5,8)10;/h1-4,9-10H2;/t5-,6+;. The summed E-state index contributed by atoms with van der Waals surface area (Å²) in [7, 11) is 0. The van der Waals surface area contributed by atoms with E-state index in [1.54, 1.807) is 0 Å². The van der Waals surface area contributed by atoms with E-state index in [2.05, 4.69) is 0 Å². The van der Waals surface area contributed by atoms with Crippen molar-refractivity contribution in [2.75, 3.05) is 0 Å². The molecule has 0 aromatic carbocycles. The van der Waals surface area contributed by atoms with Crippen molar-refractivity contribution in [1.29, 1.82) is 0 Å². The van der Waals surface area contributed by atoms with Crippen molar-refractivity contribution in [3.8, 4) is 0 Å². The number of halogens is 2. The van der Waals surface area contributed by atoms with Gasteiger partial charge in [-0.1, -0.05) is 36.0 Å². The molecule has 4 N–H and O–H groups in total. The SMILES string of the molecule is N[C@]1(Cl)CCCC[C@@]1(N)Cl.[Pt]. The fourth-order valence-corrected chi connectivity index (χ4v) is 1.64. The van der Waals surface area contributed by atoms with Crippen LogP contribution in [-0.2, 0) is 21.1 Å². The van der Waals surface area contributed by atoms with Gasteiger partial charge in [-0.3, -0.25) is 0 Å². The van der Waals surface area contributed by atoms with E-state index in [1.807, 2.05) is 0 Å². The summed E-state index contributed by atoms with van der Waals surface area (Å²) in [6.07, 6.45) is 3.44. The van der Waals surface area contributed by atoms with Gasteiger partial charge in [0, 0.05) is 21.1 Å². The summed E-state index contributed by atoms with van der Waals surface area (Å²) in [6.45, 7) is 0. The van der Waals surface area contributed by atoms with Gasteiger partial charge in [0.25, 0.3) is 0 Å². The van der Waals surface area contributed by atoms with Crippen LogP contribution in [0.2, 0.25) is 0 Å². The minimum absolute atomic E-state index is 0. The number of rotatable bonds is 0. The summed E-state index contributed by atoms with van der Waals surface area (Å²) in [4.78, 5) is -1.82. The molecule has 1 fully saturated rings. The molecule has 0 bridgehead atoms. The molecule has 0 spiro atoms. The maximum absolute atomic E-state index is 5.88. The van der Waals surface area contributed by atoms with Crippen LogP contribution in [0, 0.1) is 0 Å². The Kier molecular flexibility index (Phi) is 4.36. The van der Waals surface area contributed by atoms with Gasteiger partial charge in [-0.2, -0.15) is 0 Å². The van der Waals surface area contributed by atoms with Crippen LogP contribution in [0.25, 0.3) is 0 Å². The Bertz CT molecular complexity index is 123. The molecule has 2 atom stereocenters. The minimum atomic E-state index is -0.910. The number of alkyl halides is 2. The molecule has 1 aliphatic carbocycles. The van der Waals surface area contributed by atoms with Crippen LogP contribution in [0.5, 0.6) is 0 Å². The zero-order valence-electron chi connectivity index (χ0n) is 6.06. The summed E-state index contributed by atoms with van der Waals surface area (Å²) >= 11 is 11.8. The van der Waals surface area contributed by atoms with Crippen molar-refractivity contribution < 1.29 is 21.1 Å². The largest absolute Gasteiger partial charge is 0.310 e. The van der Waals surface area contributed by atoms with Gasteiger partial charge in [0.05, 0.1) is 0 Å². The summed E-state index contributed by atoms with van der Waals surface area (Å²) < 4.78 is 0. The molecular formula is C6H12Cl2N2Pt. The van der Waals surface area contributed by atoms with Crippen LogP contribution in [-0.4, -0.2) is 10.00 Å². The predicted octanol–water partition coefficient (Wildman–Crippen LogP) is 1.35. The molecule has 1 saturated carbocycles. The molecule has 5 heteroatoms. The second kappa shape index (κ2) is 3.93. The first-order valence-corrected chi connectivity index (χ1v) is 4.17. The third-order valence-corrected chi connectivity index (χ3v) is 3.17. The van der Waals surface area contributed by atoms with Crippen LogP contribution in [0.4, 0.5) is 0 Å². The third-order valence-electron chi connectivity index (χ3n) is 2.02. The van der Waals surface area contributed by atoms with Crippen molar-refractivity contribution in [1.82, 2.24) is 0 Å². The number of hydrogen-bond acceptors (Lipinski definition) is 2. The van der Waals surface area contributed by atoms with Gasteiger partial charge >= 0.3 is 0 Å². The van der Waals surface area contributed by atoms with Gasteiger partial charge in [-0.25, -0.2) is 0 Å². The van der Waals surface area contributed by atoms with Gasteiger partial charge in [0.15, 0.2) is 0 Å². The Balaban J connectivity index is 0.000001000. The van der Waals surface area contributed by atoms with Crippen LogP contribution < -0.4 is 11.5 Å². The fourth-order valence-electron chi connectivity index (χ4n) is 1.18. The second-order valence-corrected chi connectivity index (χ2v) is 4.28. The Hall–Kier alpha value is 1.19. The van der Waals surface area contributed by atoms with E-state index in [9.17, 15) is 0 Å². The number of nitrogens with two attached hydrogens (primary N) is 2. The van der Waals surface area contributed by atoms with Crippen molar-refractivity contribution in [3.05, 3.63) is 0 Å². The molecule has 0 unspecified atom stereocenters. The van der Waals surface area contributed by atoms with E-state index in [4.69, 9.17) is 34.7 Å². The molecule has 0 aromatic rings. The van der Waals surface area contributed by atoms with Crippen molar-refractivity contribution in [2.24, 2.45) is 11.5 Å². The van der Waals surface area contributed by atoms with E-state index in [-0.39, 0.29) is 21.1 Å². The summed E-state index contributed by atoms with van der Waals surface area (Å²) in [5.41, 5.74) is 11.3.